The van der Waals surface area contributed by atoms with Gasteiger partial charge in [0.2, 0.25) is 0 Å². The van der Waals surface area contributed by atoms with E-state index in [2.05, 4.69) is 17.6 Å². The summed E-state index contributed by atoms with van der Waals surface area (Å²) in [5, 5.41) is 4.15. The fraction of sp³-hybridized carbons (Fsp3) is 0.100. The van der Waals surface area contributed by atoms with Gasteiger partial charge in [0.1, 0.15) is 0 Å². The van der Waals surface area contributed by atoms with Gasteiger partial charge in [0, 0.05) is 30.2 Å². The van der Waals surface area contributed by atoms with Gasteiger partial charge in [-0.05, 0) is 0 Å². The van der Waals surface area contributed by atoms with Gasteiger partial charge in [-0.15, -0.1) is 0 Å². The molecule has 0 spiro atoms. The van der Waals surface area contributed by atoms with E-state index < -0.39 is 0 Å². The molecule has 0 fully saturated rings. The molecule has 2 nitrogen and oxygen atoms in total. The van der Waals surface area contributed by atoms with E-state index in [0.717, 1.165) is 0 Å². The highest BCUT2D eigenvalue weighted by atomic mass is 32.1. The zero-order valence-corrected chi connectivity index (χ0v) is 8.08. The fourth-order valence-corrected chi connectivity index (χ4v) is 1.38. The van der Waals surface area contributed by atoms with Crippen molar-refractivity contribution >= 4 is 28.5 Å². The van der Waals surface area contributed by atoms with Gasteiger partial charge in [-0.25, -0.2) is 0 Å². The summed E-state index contributed by atoms with van der Waals surface area (Å²) in [6.07, 6.45) is 4.04. The Balaban J connectivity index is 2.55. The van der Waals surface area contributed by atoms with Crippen LogP contribution in [0, 0.1) is 0 Å². The van der Waals surface area contributed by atoms with E-state index >= 15 is 0 Å². The third kappa shape index (κ3) is 1.42. The Morgan fingerprint density at radius 2 is 1.77 bits per heavy atom. The van der Waals surface area contributed by atoms with Gasteiger partial charge < -0.3 is 0 Å². The average molecular weight is 189 g/mol. The molecular weight excluding hydrogens is 180 g/mol. The summed E-state index contributed by atoms with van der Waals surface area (Å²) in [6.45, 7) is 0. The molecule has 1 radical (unpaired) electrons. The second-order valence-corrected chi connectivity index (χ2v) is 3.06. The molecule has 3 heteroatoms. The summed E-state index contributed by atoms with van der Waals surface area (Å²) in [4.78, 5) is 0. The van der Waals surface area contributed by atoms with Crippen molar-refractivity contribution in [2.75, 3.05) is 12.1 Å². The maximum absolute atomic E-state index is 4.72. The van der Waals surface area contributed by atoms with Crippen LogP contribution in [0.3, 0.4) is 0 Å². The Kier molecular flexibility index (Phi) is 2.02. The minimum atomic E-state index is 1.21. The van der Waals surface area contributed by atoms with E-state index in [1.54, 1.807) is 5.01 Å². The quantitative estimate of drug-likeness (QED) is 0.527. The molecule has 1 aromatic heterocycles. The highest BCUT2D eigenvalue weighted by molar-refractivity contribution is 7.79. The first-order valence-corrected chi connectivity index (χ1v) is 4.40. The lowest BCUT2D eigenvalue weighted by Gasteiger charge is -2.11. The molecule has 65 valence electrons. The minimum Gasteiger partial charge on any atom is -0.272 e. The first kappa shape index (κ1) is 8.26. The van der Waals surface area contributed by atoms with E-state index in [4.69, 9.17) is 12.2 Å². The van der Waals surface area contributed by atoms with E-state index in [1.165, 1.54) is 10.8 Å². The van der Waals surface area contributed by atoms with Crippen LogP contribution in [0.15, 0.2) is 36.7 Å². The van der Waals surface area contributed by atoms with Crippen molar-refractivity contribution < 1.29 is 0 Å². The van der Waals surface area contributed by atoms with Crippen molar-refractivity contribution in [1.29, 1.82) is 0 Å². The lowest BCUT2D eigenvalue weighted by molar-refractivity contribution is 0.826. The van der Waals surface area contributed by atoms with Gasteiger partial charge in [0.15, 0.2) is 5.49 Å². The van der Waals surface area contributed by atoms with Crippen LogP contribution in [0.1, 0.15) is 0 Å². The first-order chi connectivity index (χ1) is 6.31. The summed E-state index contributed by atoms with van der Waals surface area (Å²) in [7, 11) is 1.87. The number of thiocarbonyl (C=S) groups is 1. The number of hydrogen-bond donors (Lipinski definition) is 0. The Morgan fingerprint density at radius 1 is 1.23 bits per heavy atom. The van der Waals surface area contributed by atoms with Crippen LogP contribution in [0.5, 0.6) is 0 Å². The van der Waals surface area contributed by atoms with E-state index in [0.29, 0.717) is 0 Å². The van der Waals surface area contributed by atoms with Crippen LogP contribution in [-0.4, -0.2) is 17.2 Å². The fourth-order valence-electron chi connectivity index (χ4n) is 1.29. The summed E-state index contributed by atoms with van der Waals surface area (Å²) in [5.41, 5.74) is 2.62. The molecule has 0 saturated carbocycles. The van der Waals surface area contributed by atoms with Gasteiger partial charge in [0.05, 0.1) is 0 Å². The molecule has 0 aliphatic carbocycles. The zero-order chi connectivity index (χ0) is 9.26. The molecule has 0 aliphatic rings. The van der Waals surface area contributed by atoms with Crippen LogP contribution >= 0.6 is 12.2 Å². The smallest absolute Gasteiger partial charge is 0.157 e. The predicted molar refractivity (Wildman–Crippen MR) is 58.7 cm³/mol. The number of aromatic nitrogens is 1. The number of fused-ring (bicyclic) bond motifs is 1. The lowest BCUT2D eigenvalue weighted by Crippen LogP contribution is -2.25. The summed E-state index contributed by atoms with van der Waals surface area (Å²) < 4.78 is 1.91. The maximum Gasteiger partial charge on any atom is 0.157 e. The largest absolute Gasteiger partial charge is 0.272 e. The predicted octanol–water partition coefficient (Wildman–Crippen LogP) is 2.04. The summed E-state index contributed by atoms with van der Waals surface area (Å²) in [6, 6.07) is 8.19. The van der Waals surface area contributed by atoms with Crippen molar-refractivity contribution in [3.63, 3.8) is 0 Å². The maximum atomic E-state index is 4.72. The molecule has 0 amide bonds. The van der Waals surface area contributed by atoms with Gasteiger partial charge in [-0.3, -0.25) is 9.69 Å². The minimum absolute atomic E-state index is 1.21. The van der Waals surface area contributed by atoms with E-state index in [1.807, 2.05) is 36.3 Å². The lowest BCUT2D eigenvalue weighted by atomic mass is 10.2. The molecule has 2 rings (SSSR count). The van der Waals surface area contributed by atoms with Crippen LogP contribution in [-0.2, 0) is 0 Å². The van der Waals surface area contributed by atoms with Gasteiger partial charge in [-0.1, -0.05) is 36.5 Å². The van der Waals surface area contributed by atoms with Crippen molar-refractivity contribution in [2.24, 2.45) is 0 Å². The number of rotatable bonds is 2. The molecule has 0 unspecified atom stereocenters. The number of benzene rings is 1. The standard InChI is InChI=1S/C10H9N2S/c1-11(8-13)12-6-9-4-2-3-5-10(9)7-12/h2-7H,1H3. The van der Waals surface area contributed by atoms with Crippen molar-refractivity contribution in [1.82, 2.24) is 4.68 Å². The Bertz CT molecular complexity index is 400. The molecule has 0 saturated heterocycles. The highest BCUT2D eigenvalue weighted by Gasteiger charge is 1.98. The molecule has 0 N–H and O–H groups in total. The molecule has 0 atom stereocenters. The van der Waals surface area contributed by atoms with Crippen LogP contribution < -0.4 is 5.01 Å². The highest BCUT2D eigenvalue weighted by Crippen LogP contribution is 2.13. The van der Waals surface area contributed by atoms with E-state index in [-0.39, 0.29) is 0 Å². The third-order valence-electron chi connectivity index (χ3n) is 2.02. The van der Waals surface area contributed by atoms with Gasteiger partial charge in [0.25, 0.3) is 0 Å². The topological polar surface area (TPSA) is 8.17 Å². The second-order valence-electron chi connectivity index (χ2n) is 2.88. The van der Waals surface area contributed by atoms with Crippen molar-refractivity contribution in [3.8, 4) is 0 Å². The van der Waals surface area contributed by atoms with Crippen LogP contribution in [0.2, 0.25) is 0 Å². The second kappa shape index (κ2) is 3.18. The first-order valence-electron chi connectivity index (χ1n) is 4.00. The Morgan fingerprint density at radius 3 is 2.23 bits per heavy atom. The molecule has 1 aromatic carbocycles. The number of nitrogens with zero attached hydrogens (tertiary/aromatic N) is 2. The molecular formula is C10H9N2S. The van der Waals surface area contributed by atoms with Gasteiger partial charge >= 0.3 is 0 Å². The number of hydrogen-bond acceptors (Lipinski definition) is 1. The average Bonchev–Trinajstić information content (AvgIpc) is 2.59. The van der Waals surface area contributed by atoms with Gasteiger partial charge in [-0.2, -0.15) is 0 Å². The summed E-state index contributed by atoms with van der Waals surface area (Å²) >= 11 is 4.72. The molecule has 0 aliphatic heterocycles. The zero-order valence-electron chi connectivity index (χ0n) is 7.27. The summed E-state index contributed by atoms with van der Waals surface area (Å²) in [5.74, 6) is 0. The van der Waals surface area contributed by atoms with Crippen LogP contribution in [0.4, 0.5) is 0 Å². The third-order valence-corrected chi connectivity index (χ3v) is 2.28. The SMILES string of the molecule is CN([C]=S)n1cc2ccccc2c1. The van der Waals surface area contributed by atoms with Crippen molar-refractivity contribution in [3.05, 3.63) is 36.7 Å². The molecule has 0 bridgehead atoms. The molecule has 13 heavy (non-hydrogen) atoms. The monoisotopic (exact) mass is 189 g/mol. The molecule has 2 aromatic rings. The normalized spacial score (nSPS) is 10.2. The Hall–Kier alpha value is -1.35. The van der Waals surface area contributed by atoms with E-state index in [9.17, 15) is 0 Å². The molecule has 1 heterocycles. The Labute approximate surface area is 82.4 Å². The van der Waals surface area contributed by atoms with Crippen LogP contribution in [0.25, 0.3) is 10.8 Å². The van der Waals surface area contributed by atoms with Crippen molar-refractivity contribution in [2.45, 2.75) is 0 Å².